The number of nitrogen functional groups attached to an aromatic ring is 1. The molecule has 4 N–H and O–H groups in total. The van der Waals surface area contributed by atoms with Gasteiger partial charge in [0.15, 0.2) is 6.23 Å². The van der Waals surface area contributed by atoms with E-state index in [9.17, 15) is 10.2 Å². The summed E-state index contributed by atoms with van der Waals surface area (Å²) in [4.78, 5) is 8.13. The third-order valence-electron chi connectivity index (χ3n) is 4.09. The number of rotatable bonds is 2. The maximum Gasteiger partial charge on any atom is 0.165 e. The number of nitrogens with two attached hydrogens (primary N) is 1. The van der Waals surface area contributed by atoms with Crippen molar-refractivity contribution >= 4 is 16.9 Å². The third kappa shape index (κ3) is 1.33. The molecule has 2 aromatic rings. The van der Waals surface area contributed by atoms with E-state index in [-0.39, 0.29) is 13.2 Å². The second-order valence-electron chi connectivity index (χ2n) is 5.17. The topological polar surface area (TPSA) is 116 Å². The normalized spacial score (nSPS) is 36.0. The molecule has 106 valence electrons. The monoisotopic (exact) mass is 278 g/mol. The molecule has 0 spiro atoms. The van der Waals surface area contributed by atoms with Crippen LogP contribution in [0.15, 0.2) is 18.6 Å². The first-order valence-electron chi connectivity index (χ1n) is 6.32. The van der Waals surface area contributed by atoms with Crippen LogP contribution in [0.2, 0.25) is 0 Å². The summed E-state index contributed by atoms with van der Waals surface area (Å²) in [7, 11) is 0. The van der Waals surface area contributed by atoms with Crippen LogP contribution in [0, 0.1) is 0 Å². The summed E-state index contributed by atoms with van der Waals surface area (Å²) in [5.74, 6) is 0.384. The van der Waals surface area contributed by atoms with Gasteiger partial charge in [0.25, 0.3) is 0 Å². The van der Waals surface area contributed by atoms with Crippen LogP contribution in [-0.4, -0.2) is 55.8 Å². The molecule has 2 aromatic heterocycles. The number of fused-ring (bicyclic) bond motifs is 3. The molecular formula is C12H14N4O4. The highest BCUT2D eigenvalue weighted by molar-refractivity contribution is 5.86. The van der Waals surface area contributed by atoms with Crippen LogP contribution in [0.4, 0.5) is 5.82 Å². The lowest BCUT2D eigenvalue weighted by Gasteiger charge is -2.29. The molecule has 2 bridgehead atoms. The lowest BCUT2D eigenvalue weighted by Crippen LogP contribution is -2.44. The lowest BCUT2D eigenvalue weighted by atomic mass is 10.0. The van der Waals surface area contributed by atoms with Crippen molar-refractivity contribution in [1.29, 1.82) is 0 Å². The van der Waals surface area contributed by atoms with Crippen molar-refractivity contribution in [2.75, 3.05) is 18.9 Å². The molecule has 0 saturated carbocycles. The van der Waals surface area contributed by atoms with Gasteiger partial charge in [-0.15, -0.1) is 0 Å². The first-order valence-corrected chi connectivity index (χ1v) is 6.32. The highest BCUT2D eigenvalue weighted by Gasteiger charge is 2.61. The number of hydrogen-bond donors (Lipinski definition) is 3. The number of anilines is 1. The average Bonchev–Trinajstić information content (AvgIpc) is 3.10. The minimum absolute atomic E-state index is 0.183. The zero-order valence-corrected chi connectivity index (χ0v) is 10.5. The van der Waals surface area contributed by atoms with Crippen molar-refractivity contribution in [3.05, 3.63) is 18.6 Å². The molecule has 8 nitrogen and oxygen atoms in total. The van der Waals surface area contributed by atoms with Gasteiger partial charge in [-0.05, 0) is 6.07 Å². The molecule has 2 saturated heterocycles. The van der Waals surface area contributed by atoms with Gasteiger partial charge in [-0.25, -0.2) is 9.97 Å². The van der Waals surface area contributed by atoms with Gasteiger partial charge in [0.2, 0.25) is 0 Å². The van der Waals surface area contributed by atoms with E-state index in [1.165, 1.54) is 6.33 Å². The summed E-state index contributed by atoms with van der Waals surface area (Å²) in [5, 5.41) is 20.4. The predicted octanol–water partition coefficient (Wildman–Crippen LogP) is -0.967. The molecule has 20 heavy (non-hydrogen) atoms. The van der Waals surface area contributed by atoms with Crippen molar-refractivity contribution < 1.29 is 19.7 Å². The molecular weight excluding hydrogens is 264 g/mol. The second-order valence-corrected chi connectivity index (χ2v) is 5.17. The van der Waals surface area contributed by atoms with Crippen LogP contribution in [-0.2, 0) is 9.47 Å². The fourth-order valence-electron chi connectivity index (χ4n) is 2.95. The Labute approximate surface area is 113 Å². The summed E-state index contributed by atoms with van der Waals surface area (Å²) in [6.45, 7) is -0.111. The van der Waals surface area contributed by atoms with E-state index in [0.29, 0.717) is 16.9 Å². The Hall–Kier alpha value is -1.74. The molecule has 0 aromatic carbocycles. The number of ether oxygens (including phenoxy) is 2. The quantitative estimate of drug-likeness (QED) is 0.647. The van der Waals surface area contributed by atoms with E-state index in [1.807, 2.05) is 0 Å². The molecule has 4 atom stereocenters. The molecule has 4 heterocycles. The Morgan fingerprint density at radius 2 is 2.35 bits per heavy atom. The molecule has 8 heteroatoms. The Kier molecular flexibility index (Phi) is 2.34. The van der Waals surface area contributed by atoms with E-state index in [4.69, 9.17) is 15.2 Å². The fraction of sp³-hybridized carbons (Fsp3) is 0.500. The maximum absolute atomic E-state index is 10.2. The van der Waals surface area contributed by atoms with E-state index in [2.05, 4.69) is 9.97 Å². The molecule has 0 amide bonds. The standard InChI is InChI=1S/C12H14N4O4/c13-9-6-1-2-16(10(6)15-5-14-9)11-7-8(18)12(3-17,20-11)4-19-7/h1-2,5,7-8,11,17-18H,3-4H2,(H2,13,14,15)/t7-,8+,11-,12+/m1/s1. The summed E-state index contributed by atoms with van der Waals surface area (Å²) in [5.41, 5.74) is 5.36. The zero-order valence-electron chi connectivity index (χ0n) is 10.5. The van der Waals surface area contributed by atoms with E-state index in [0.717, 1.165) is 0 Å². The first-order chi connectivity index (χ1) is 9.66. The number of nitrogens with zero attached hydrogens (tertiary/aromatic N) is 3. The van der Waals surface area contributed by atoms with Gasteiger partial charge in [0, 0.05) is 6.20 Å². The largest absolute Gasteiger partial charge is 0.393 e. The van der Waals surface area contributed by atoms with Crippen LogP contribution < -0.4 is 5.73 Å². The van der Waals surface area contributed by atoms with Gasteiger partial charge < -0.3 is 30.0 Å². The maximum atomic E-state index is 10.2. The summed E-state index contributed by atoms with van der Waals surface area (Å²) < 4.78 is 13.1. The van der Waals surface area contributed by atoms with Crippen molar-refractivity contribution in [1.82, 2.24) is 14.5 Å². The third-order valence-corrected chi connectivity index (χ3v) is 4.09. The van der Waals surface area contributed by atoms with Gasteiger partial charge in [-0.2, -0.15) is 0 Å². The number of aliphatic hydroxyl groups is 2. The molecule has 2 aliphatic heterocycles. The summed E-state index contributed by atoms with van der Waals surface area (Å²) in [6.07, 6.45) is 1.20. The lowest BCUT2D eigenvalue weighted by molar-refractivity contribution is -0.185. The molecule has 2 aliphatic rings. The van der Waals surface area contributed by atoms with Crippen molar-refractivity contribution in [3.63, 3.8) is 0 Å². The number of hydrogen-bond acceptors (Lipinski definition) is 7. The highest BCUT2D eigenvalue weighted by atomic mass is 16.7. The van der Waals surface area contributed by atoms with E-state index in [1.54, 1.807) is 16.8 Å². The van der Waals surface area contributed by atoms with Crippen LogP contribution in [0.1, 0.15) is 6.23 Å². The van der Waals surface area contributed by atoms with Gasteiger partial charge in [0.1, 0.15) is 35.6 Å². The molecule has 0 unspecified atom stereocenters. The van der Waals surface area contributed by atoms with Gasteiger partial charge >= 0.3 is 0 Å². The zero-order chi connectivity index (χ0) is 13.9. The van der Waals surface area contributed by atoms with Crippen LogP contribution >= 0.6 is 0 Å². The average molecular weight is 278 g/mol. The SMILES string of the molecule is Nc1ncnc2c1ccn2[C@@H]1O[C@@]2(CO)CO[C@@H]1[C@@H]2O. The van der Waals surface area contributed by atoms with Gasteiger partial charge in [-0.1, -0.05) is 0 Å². The highest BCUT2D eigenvalue weighted by Crippen LogP contribution is 2.45. The summed E-state index contributed by atoms with van der Waals surface area (Å²) in [6, 6.07) is 1.79. The van der Waals surface area contributed by atoms with Crippen LogP contribution in [0.3, 0.4) is 0 Å². The van der Waals surface area contributed by atoms with Gasteiger partial charge in [-0.3, -0.25) is 0 Å². The first kappa shape index (κ1) is 12.0. The molecule has 0 radical (unpaired) electrons. The molecule has 4 rings (SSSR count). The molecule has 0 aliphatic carbocycles. The fourth-order valence-corrected chi connectivity index (χ4v) is 2.95. The Bertz CT molecular complexity index is 675. The minimum Gasteiger partial charge on any atom is -0.393 e. The minimum atomic E-state index is -1.05. The number of aromatic nitrogens is 3. The Morgan fingerprint density at radius 3 is 3.10 bits per heavy atom. The van der Waals surface area contributed by atoms with E-state index < -0.39 is 24.0 Å². The Balaban J connectivity index is 1.80. The molecule has 2 fully saturated rings. The van der Waals surface area contributed by atoms with E-state index >= 15 is 0 Å². The van der Waals surface area contributed by atoms with Crippen molar-refractivity contribution in [3.8, 4) is 0 Å². The second kappa shape index (κ2) is 3.89. The van der Waals surface area contributed by atoms with Crippen molar-refractivity contribution in [2.45, 2.75) is 24.0 Å². The van der Waals surface area contributed by atoms with Crippen LogP contribution in [0.5, 0.6) is 0 Å². The summed E-state index contributed by atoms with van der Waals surface area (Å²) >= 11 is 0. The van der Waals surface area contributed by atoms with Crippen LogP contribution in [0.25, 0.3) is 11.0 Å². The predicted molar refractivity (Wildman–Crippen MR) is 67.6 cm³/mol. The number of aliphatic hydroxyl groups excluding tert-OH is 2. The van der Waals surface area contributed by atoms with Crippen molar-refractivity contribution in [2.24, 2.45) is 0 Å². The van der Waals surface area contributed by atoms with Gasteiger partial charge in [0.05, 0.1) is 18.6 Å². The Morgan fingerprint density at radius 1 is 1.50 bits per heavy atom. The smallest absolute Gasteiger partial charge is 0.165 e.